The molecule has 4 nitrogen and oxygen atoms in total. The zero-order chi connectivity index (χ0) is 14.5. The summed E-state index contributed by atoms with van der Waals surface area (Å²) in [4.78, 5) is 12.3. The summed E-state index contributed by atoms with van der Waals surface area (Å²) < 4.78 is 5.25. The summed E-state index contributed by atoms with van der Waals surface area (Å²) in [5.41, 5.74) is -0.531. The van der Waals surface area contributed by atoms with Crippen LogP contribution in [0.2, 0.25) is 0 Å². The zero-order valence-electron chi connectivity index (χ0n) is 12.4. The third-order valence-electron chi connectivity index (χ3n) is 3.38. The van der Waals surface area contributed by atoms with Gasteiger partial charge in [0.1, 0.15) is 5.54 Å². The quantitative estimate of drug-likeness (QED) is 0.702. The van der Waals surface area contributed by atoms with Crippen LogP contribution in [0.25, 0.3) is 0 Å². The van der Waals surface area contributed by atoms with Crippen molar-refractivity contribution in [1.82, 2.24) is 5.32 Å². The van der Waals surface area contributed by atoms with Gasteiger partial charge in [-0.1, -0.05) is 6.92 Å². The molecule has 0 spiro atoms. The van der Waals surface area contributed by atoms with Gasteiger partial charge in [-0.2, -0.15) is 11.8 Å². The van der Waals surface area contributed by atoms with Gasteiger partial charge in [0.25, 0.3) is 0 Å². The Balaban J connectivity index is 2.70. The van der Waals surface area contributed by atoms with Crippen molar-refractivity contribution in [3.05, 3.63) is 0 Å². The van der Waals surface area contributed by atoms with Gasteiger partial charge in [-0.05, 0) is 40.0 Å². The summed E-state index contributed by atoms with van der Waals surface area (Å²) in [5.74, 6) is -0.122. The van der Waals surface area contributed by atoms with Crippen molar-refractivity contribution in [2.24, 2.45) is 0 Å². The number of ether oxygens (including phenoxy) is 1. The molecular formula is C14H27NO3S. The fourth-order valence-electron chi connectivity index (χ4n) is 2.69. The summed E-state index contributed by atoms with van der Waals surface area (Å²) in [6, 6.07) is 0.253. The van der Waals surface area contributed by atoms with E-state index in [0.29, 0.717) is 11.9 Å². The third-order valence-corrected chi connectivity index (χ3v) is 4.78. The van der Waals surface area contributed by atoms with Gasteiger partial charge in [0, 0.05) is 16.5 Å². The number of hydrogen-bond donors (Lipinski definition) is 2. The summed E-state index contributed by atoms with van der Waals surface area (Å²) in [6.07, 6.45) is 2.60. The van der Waals surface area contributed by atoms with Crippen LogP contribution < -0.4 is 5.32 Å². The number of esters is 1. The Morgan fingerprint density at radius 1 is 1.53 bits per heavy atom. The molecule has 2 N–H and O–H groups in total. The van der Waals surface area contributed by atoms with Crippen LogP contribution in [0, 0.1) is 0 Å². The van der Waals surface area contributed by atoms with Crippen LogP contribution >= 0.6 is 11.8 Å². The topological polar surface area (TPSA) is 58.6 Å². The molecule has 0 amide bonds. The number of nitrogens with one attached hydrogen (secondary N) is 1. The molecule has 3 unspecified atom stereocenters. The highest BCUT2D eigenvalue weighted by atomic mass is 32.2. The van der Waals surface area contributed by atoms with E-state index in [4.69, 9.17) is 9.84 Å². The highest BCUT2D eigenvalue weighted by Crippen LogP contribution is 2.39. The van der Waals surface area contributed by atoms with E-state index in [-0.39, 0.29) is 23.9 Å². The maximum atomic E-state index is 12.3. The van der Waals surface area contributed by atoms with Crippen LogP contribution in [0.4, 0.5) is 0 Å². The molecule has 0 radical (unpaired) electrons. The molecule has 1 aliphatic carbocycles. The highest BCUT2D eigenvalue weighted by Gasteiger charge is 2.47. The minimum Gasteiger partial charge on any atom is -0.465 e. The molecule has 1 rings (SSSR count). The molecule has 1 aliphatic rings. The first-order valence-corrected chi connectivity index (χ1v) is 8.09. The normalized spacial score (nSPS) is 28.6. The Labute approximate surface area is 120 Å². The molecule has 0 bridgehead atoms. The number of carbonyl (C=O) groups excluding carboxylic acids is 1. The van der Waals surface area contributed by atoms with E-state index in [0.717, 1.165) is 19.3 Å². The first kappa shape index (κ1) is 16.8. The number of rotatable bonds is 7. The van der Waals surface area contributed by atoms with Crippen molar-refractivity contribution in [3.63, 3.8) is 0 Å². The molecule has 0 heterocycles. The predicted octanol–water partition coefficient (Wildman–Crippen LogP) is 1.95. The number of hydrogen-bond acceptors (Lipinski definition) is 5. The van der Waals surface area contributed by atoms with Crippen molar-refractivity contribution in [2.45, 2.75) is 69.0 Å². The molecule has 0 aromatic heterocycles. The van der Waals surface area contributed by atoms with Crippen LogP contribution in [0.3, 0.4) is 0 Å². The second kappa shape index (κ2) is 7.50. The molecule has 1 saturated carbocycles. The van der Waals surface area contributed by atoms with E-state index in [1.807, 2.05) is 13.8 Å². The second-order valence-electron chi connectivity index (χ2n) is 5.60. The van der Waals surface area contributed by atoms with Crippen molar-refractivity contribution in [2.75, 3.05) is 13.2 Å². The minimum atomic E-state index is -0.531. The average Bonchev–Trinajstić information content (AvgIpc) is 2.73. The van der Waals surface area contributed by atoms with E-state index in [1.54, 1.807) is 11.8 Å². The van der Waals surface area contributed by atoms with Gasteiger partial charge in [-0.3, -0.25) is 10.1 Å². The number of carbonyl (C=O) groups is 1. The molecule has 1 fully saturated rings. The average molecular weight is 289 g/mol. The molecule has 0 aromatic carbocycles. The van der Waals surface area contributed by atoms with Crippen molar-refractivity contribution >= 4 is 17.7 Å². The lowest BCUT2D eigenvalue weighted by atomic mass is 9.96. The molecule has 112 valence electrons. The van der Waals surface area contributed by atoms with E-state index in [9.17, 15) is 4.79 Å². The third kappa shape index (κ3) is 4.65. The first-order valence-electron chi connectivity index (χ1n) is 7.14. The lowest BCUT2D eigenvalue weighted by Crippen LogP contribution is -2.54. The summed E-state index contributed by atoms with van der Waals surface area (Å²) >= 11 is 1.77. The highest BCUT2D eigenvalue weighted by molar-refractivity contribution is 8.00. The summed E-state index contributed by atoms with van der Waals surface area (Å²) in [6.45, 7) is 8.58. The zero-order valence-corrected chi connectivity index (χ0v) is 13.3. The van der Waals surface area contributed by atoms with Gasteiger partial charge in [-0.25, -0.2) is 0 Å². The molecule has 3 atom stereocenters. The molecule has 0 saturated heterocycles. The van der Waals surface area contributed by atoms with Gasteiger partial charge in [0.05, 0.1) is 13.2 Å². The Hall–Kier alpha value is -0.260. The van der Waals surface area contributed by atoms with Gasteiger partial charge < -0.3 is 9.84 Å². The van der Waals surface area contributed by atoms with E-state index in [2.05, 4.69) is 19.2 Å². The van der Waals surface area contributed by atoms with Gasteiger partial charge in [-0.15, -0.1) is 0 Å². The van der Waals surface area contributed by atoms with Crippen LogP contribution in [-0.2, 0) is 9.53 Å². The smallest absolute Gasteiger partial charge is 0.326 e. The Morgan fingerprint density at radius 2 is 2.21 bits per heavy atom. The lowest BCUT2D eigenvalue weighted by molar-refractivity contribution is -0.151. The van der Waals surface area contributed by atoms with Gasteiger partial charge in [0.15, 0.2) is 0 Å². The standard InChI is InChI=1S/C14H27NO3S/c1-5-18-13(17)14(15-10(2)3)7-6-12(8-14)19-11(4)9-16/h10-12,15-16H,5-9H2,1-4H3. The van der Waals surface area contributed by atoms with Crippen LogP contribution in [0.5, 0.6) is 0 Å². The van der Waals surface area contributed by atoms with Gasteiger partial charge in [0.2, 0.25) is 0 Å². The van der Waals surface area contributed by atoms with E-state index < -0.39 is 5.54 Å². The Morgan fingerprint density at radius 3 is 2.74 bits per heavy atom. The maximum Gasteiger partial charge on any atom is 0.326 e. The SMILES string of the molecule is CCOC(=O)C1(NC(C)C)CCC(SC(C)CO)C1. The van der Waals surface area contributed by atoms with Gasteiger partial charge >= 0.3 is 5.97 Å². The number of thioether (sulfide) groups is 1. The fraction of sp³-hybridized carbons (Fsp3) is 0.929. The lowest BCUT2D eigenvalue weighted by Gasteiger charge is -2.30. The van der Waals surface area contributed by atoms with Crippen LogP contribution in [0.15, 0.2) is 0 Å². The van der Waals surface area contributed by atoms with E-state index >= 15 is 0 Å². The van der Waals surface area contributed by atoms with Crippen molar-refractivity contribution in [3.8, 4) is 0 Å². The minimum absolute atomic E-state index is 0.122. The molecule has 0 aromatic rings. The number of aliphatic hydroxyl groups excluding tert-OH is 1. The maximum absolute atomic E-state index is 12.3. The fourth-order valence-corrected chi connectivity index (χ4v) is 4.06. The largest absolute Gasteiger partial charge is 0.465 e. The summed E-state index contributed by atoms with van der Waals surface area (Å²) in [5, 5.41) is 13.2. The molecule has 0 aliphatic heterocycles. The predicted molar refractivity (Wildman–Crippen MR) is 79.4 cm³/mol. The molecular weight excluding hydrogens is 262 g/mol. The Bertz CT molecular complexity index is 298. The Kier molecular flexibility index (Phi) is 6.63. The summed E-state index contributed by atoms with van der Waals surface area (Å²) in [7, 11) is 0. The van der Waals surface area contributed by atoms with Crippen molar-refractivity contribution < 1.29 is 14.6 Å². The first-order chi connectivity index (χ1) is 8.93. The van der Waals surface area contributed by atoms with Crippen LogP contribution in [0.1, 0.15) is 47.0 Å². The van der Waals surface area contributed by atoms with E-state index in [1.165, 1.54) is 0 Å². The van der Waals surface area contributed by atoms with Crippen molar-refractivity contribution in [1.29, 1.82) is 0 Å². The molecule has 5 heteroatoms. The second-order valence-corrected chi connectivity index (χ2v) is 7.34. The number of aliphatic hydroxyl groups is 1. The van der Waals surface area contributed by atoms with Crippen LogP contribution in [-0.4, -0.2) is 46.4 Å². The molecule has 19 heavy (non-hydrogen) atoms. The monoisotopic (exact) mass is 289 g/mol.